The highest BCUT2D eigenvalue weighted by atomic mass is 35.5. The predicted octanol–water partition coefficient (Wildman–Crippen LogP) is 3.38. The Bertz CT molecular complexity index is 435. The molecule has 0 aromatic carbocycles. The quantitative estimate of drug-likeness (QED) is 0.482. The van der Waals surface area contributed by atoms with Crippen LogP contribution < -0.4 is 4.74 Å². The van der Waals surface area contributed by atoms with Crippen LogP contribution in [-0.4, -0.2) is 17.6 Å². The maximum atomic E-state index is 12.3. The number of hydrogen-bond acceptors (Lipinski definition) is 3. The van der Waals surface area contributed by atoms with E-state index < -0.39 is 34.9 Å². The van der Waals surface area contributed by atoms with E-state index in [9.17, 15) is 26.7 Å². The highest BCUT2D eigenvalue weighted by molar-refractivity contribution is 6.30. The molecule has 94 valence electrons. The fourth-order valence-electron chi connectivity index (χ4n) is 0.944. The van der Waals surface area contributed by atoms with Crippen molar-refractivity contribution < 1.29 is 31.5 Å². The van der Waals surface area contributed by atoms with Gasteiger partial charge in [-0.1, -0.05) is 11.6 Å². The first kappa shape index (κ1) is 13.6. The third-order valence-corrected chi connectivity index (χ3v) is 1.87. The number of halogens is 6. The van der Waals surface area contributed by atoms with Crippen molar-refractivity contribution >= 4 is 17.9 Å². The van der Waals surface area contributed by atoms with Gasteiger partial charge in [0.2, 0.25) is 0 Å². The highest BCUT2D eigenvalue weighted by Crippen LogP contribution is 2.32. The molecular weight excluding hydrogens is 273 g/mol. The lowest BCUT2D eigenvalue weighted by molar-refractivity contribution is -0.274. The Morgan fingerprint density at radius 2 is 2.00 bits per heavy atom. The van der Waals surface area contributed by atoms with Crippen LogP contribution in [-0.2, 0) is 0 Å². The van der Waals surface area contributed by atoms with Crippen molar-refractivity contribution in [2.24, 2.45) is 0 Å². The lowest BCUT2D eigenvalue weighted by Crippen LogP contribution is -2.19. The predicted molar refractivity (Wildman–Crippen MR) is 46.3 cm³/mol. The zero-order valence-electron chi connectivity index (χ0n) is 7.76. The SMILES string of the molecule is O=Cc1nc(Cl)c(C(F)F)cc1OC(F)(F)F. The number of aldehydes is 1. The summed E-state index contributed by atoms with van der Waals surface area (Å²) < 4.78 is 63.8. The van der Waals surface area contributed by atoms with E-state index in [2.05, 4.69) is 9.72 Å². The molecule has 9 heteroatoms. The molecule has 0 radical (unpaired) electrons. The molecule has 0 aliphatic carbocycles. The van der Waals surface area contributed by atoms with E-state index in [4.69, 9.17) is 11.6 Å². The average Bonchev–Trinajstić information content (AvgIpc) is 2.17. The van der Waals surface area contributed by atoms with E-state index in [1.54, 1.807) is 0 Å². The molecule has 1 rings (SSSR count). The van der Waals surface area contributed by atoms with E-state index in [-0.39, 0.29) is 6.29 Å². The number of rotatable bonds is 3. The number of ether oxygens (including phenoxy) is 1. The first-order valence-electron chi connectivity index (χ1n) is 3.94. The number of hydrogen-bond donors (Lipinski definition) is 0. The molecule has 0 bridgehead atoms. The molecule has 0 atom stereocenters. The standard InChI is InChI=1S/C8H3ClF5NO2/c9-6-3(7(10)11)1-5(4(2-16)15-6)17-8(12,13)14/h1-2,7H. The summed E-state index contributed by atoms with van der Waals surface area (Å²) in [6, 6.07) is 0.331. The first-order valence-corrected chi connectivity index (χ1v) is 4.32. The third kappa shape index (κ3) is 3.52. The number of carbonyl (C=O) groups excluding carboxylic acids is 1. The van der Waals surface area contributed by atoms with E-state index in [0.717, 1.165) is 0 Å². The molecule has 0 N–H and O–H groups in total. The van der Waals surface area contributed by atoms with Crippen molar-refractivity contribution in [3.05, 3.63) is 22.5 Å². The van der Waals surface area contributed by atoms with Gasteiger partial charge in [-0.3, -0.25) is 4.79 Å². The van der Waals surface area contributed by atoms with Crippen LogP contribution in [0.3, 0.4) is 0 Å². The zero-order valence-corrected chi connectivity index (χ0v) is 8.52. The Kier molecular flexibility index (Phi) is 3.87. The van der Waals surface area contributed by atoms with Gasteiger partial charge >= 0.3 is 6.36 Å². The molecule has 0 unspecified atom stereocenters. The molecular formula is C8H3ClF5NO2. The lowest BCUT2D eigenvalue weighted by Gasteiger charge is -2.12. The molecule has 3 nitrogen and oxygen atoms in total. The van der Waals surface area contributed by atoms with Crippen molar-refractivity contribution in [2.75, 3.05) is 0 Å². The maximum absolute atomic E-state index is 12.3. The summed E-state index contributed by atoms with van der Waals surface area (Å²) >= 11 is 5.26. The van der Waals surface area contributed by atoms with Gasteiger partial charge < -0.3 is 4.74 Å². The minimum absolute atomic E-state index is 0.0811. The van der Waals surface area contributed by atoms with Crippen molar-refractivity contribution in [1.82, 2.24) is 4.98 Å². The fraction of sp³-hybridized carbons (Fsp3) is 0.250. The zero-order chi connectivity index (χ0) is 13.2. The van der Waals surface area contributed by atoms with Crippen molar-refractivity contribution in [2.45, 2.75) is 12.8 Å². The van der Waals surface area contributed by atoms with Crippen LogP contribution in [0.15, 0.2) is 6.07 Å². The van der Waals surface area contributed by atoms with Crippen LogP contribution in [0.4, 0.5) is 22.0 Å². The van der Waals surface area contributed by atoms with Crippen LogP contribution in [0.25, 0.3) is 0 Å². The molecule has 1 heterocycles. The molecule has 17 heavy (non-hydrogen) atoms. The van der Waals surface area contributed by atoms with E-state index in [0.29, 0.717) is 6.07 Å². The van der Waals surface area contributed by atoms with Crippen LogP contribution in [0.2, 0.25) is 5.15 Å². The Hall–Kier alpha value is -1.44. The van der Waals surface area contributed by atoms with E-state index in [1.807, 2.05) is 0 Å². The molecule has 0 aliphatic heterocycles. The Morgan fingerprint density at radius 1 is 1.41 bits per heavy atom. The van der Waals surface area contributed by atoms with Crippen LogP contribution >= 0.6 is 11.6 Å². The molecule has 0 spiro atoms. The van der Waals surface area contributed by atoms with Crippen LogP contribution in [0.5, 0.6) is 5.75 Å². The number of carbonyl (C=O) groups is 1. The van der Waals surface area contributed by atoms with Gasteiger partial charge in [-0.2, -0.15) is 0 Å². The second kappa shape index (κ2) is 4.82. The van der Waals surface area contributed by atoms with Gasteiger partial charge in [-0.25, -0.2) is 13.8 Å². The molecule has 0 amide bonds. The molecule has 0 aliphatic rings. The highest BCUT2D eigenvalue weighted by Gasteiger charge is 2.33. The largest absolute Gasteiger partial charge is 0.573 e. The van der Waals surface area contributed by atoms with Crippen molar-refractivity contribution in [3.8, 4) is 5.75 Å². The monoisotopic (exact) mass is 275 g/mol. The van der Waals surface area contributed by atoms with Crippen molar-refractivity contribution in [1.29, 1.82) is 0 Å². The molecule has 1 aromatic heterocycles. The maximum Gasteiger partial charge on any atom is 0.573 e. The lowest BCUT2D eigenvalue weighted by atomic mass is 10.2. The van der Waals surface area contributed by atoms with Crippen molar-refractivity contribution in [3.63, 3.8) is 0 Å². The summed E-state index contributed by atoms with van der Waals surface area (Å²) in [5, 5.41) is -0.753. The second-order valence-electron chi connectivity index (χ2n) is 2.72. The van der Waals surface area contributed by atoms with Crippen LogP contribution in [0.1, 0.15) is 22.5 Å². The Balaban J connectivity index is 3.26. The van der Waals surface area contributed by atoms with Gasteiger partial charge in [0, 0.05) is 0 Å². The minimum Gasteiger partial charge on any atom is -0.403 e. The van der Waals surface area contributed by atoms with Gasteiger partial charge in [-0.15, -0.1) is 13.2 Å². The summed E-state index contributed by atoms with van der Waals surface area (Å²) in [7, 11) is 0. The third-order valence-electron chi connectivity index (χ3n) is 1.57. The molecule has 0 fully saturated rings. The van der Waals surface area contributed by atoms with E-state index >= 15 is 0 Å². The van der Waals surface area contributed by atoms with E-state index in [1.165, 1.54) is 0 Å². The normalized spacial score (nSPS) is 11.7. The second-order valence-corrected chi connectivity index (χ2v) is 3.08. The Labute approximate surface area is 96.2 Å². The number of aromatic nitrogens is 1. The number of pyridine rings is 1. The van der Waals surface area contributed by atoms with Gasteiger partial charge in [-0.05, 0) is 6.07 Å². The summed E-state index contributed by atoms with van der Waals surface area (Å²) in [6.45, 7) is 0. The summed E-state index contributed by atoms with van der Waals surface area (Å²) in [6.07, 6.45) is -8.33. The molecule has 0 saturated carbocycles. The van der Waals surface area contributed by atoms with Gasteiger partial charge in [0.05, 0.1) is 5.56 Å². The summed E-state index contributed by atoms with van der Waals surface area (Å²) in [5.74, 6) is -1.12. The van der Waals surface area contributed by atoms with Crippen LogP contribution in [0, 0.1) is 0 Å². The smallest absolute Gasteiger partial charge is 0.403 e. The minimum atomic E-state index is -5.12. The molecule has 1 aromatic rings. The first-order chi connectivity index (χ1) is 7.74. The average molecular weight is 276 g/mol. The van der Waals surface area contributed by atoms with Gasteiger partial charge in [0.25, 0.3) is 6.43 Å². The summed E-state index contributed by atoms with van der Waals surface area (Å²) in [5.41, 5.74) is -1.76. The number of nitrogens with zero attached hydrogens (tertiary/aromatic N) is 1. The number of alkyl halides is 5. The Morgan fingerprint density at radius 3 is 2.41 bits per heavy atom. The van der Waals surface area contributed by atoms with Gasteiger partial charge in [0.15, 0.2) is 12.0 Å². The molecule has 0 saturated heterocycles. The fourth-order valence-corrected chi connectivity index (χ4v) is 1.17. The van der Waals surface area contributed by atoms with Gasteiger partial charge in [0.1, 0.15) is 10.8 Å². The summed E-state index contributed by atoms with van der Waals surface area (Å²) in [4.78, 5) is 13.5. The topological polar surface area (TPSA) is 39.2 Å².